The van der Waals surface area contributed by atoms with Crippen molar-refractivity contribution in [1.82, 2.24) is 20.0 Å². The summed E-state index contributed by atoms with van der Waals surface area (Å²) in [7, 11) is 3.40. The summed E-state index contributed by atoms with van der Waals surface area (Å²) in [4.78, 5) is 26.5. The minimum atomic E-state index is -0.143. The van der Waals surface area contributed by atoms with Crippen LogP contribution in [0.3, 0.4) is 0 Å². The van der Waals surface area contributed by atoms with Gasteiger partial charge in [-0.25, -0.2) is 0 Å². The van der Waals surface area contributed by atoms with E-state index in [4.69, 9.17) is 4.42 Å². The van der Waals surface area contributed by atoms with Crippen molar-refractivity contribution in [2.75, 3.05) is 7.05 Å². The summed E-state index contributed by atoms with van der Waals surface area (Å²) in [6.07, 6.45) is 3.17. The molecule has 7 heteroatoms. The number of benzene rings is 1. The van der Waals surface area contributed by atoms with Gasteiger partial charge in [-0.1, -0.05) is 12.1 Å². The topological polar surface area (TPSA) is 80.4 Å². The van der Waals surface area contributed by atoms with Crippen LogP contribution in [0.2, 0.25) is 0 Å². The number of hydrogen-bond donors (Lipinski definition) is 1. The largest absolute Gasteiger partial charge is 0.467 e. The van der Waals surface area contributed by atoms with Crippen LogP contribution in [0.5, 0.6) is 0 Å². The zero-order valence-electron chi connectivity index (χ0n) is 15.6. The van der Waals surface area contributed by atoms with Gasteiger partial charge in [0, 0.05) is 31.9 Å². The van der Waals surface area contributed by atoms with E-state index in [-0.39, 0.29) is 11.8 Å². The maximum Gasteiger partial charge on any atom is 0.258 e. The second-order valence-electron chi connectivity index (χ2n) is 6.28. The van der Waals surface area contributed by atoms with Gasteiger partial charge in [0.05, 0.1) is 24.6 Å². The monoisotopic (exact) mass is 366 g/mol. The average molecular weight is 366 g/mol. The smallest absolute Gasteiger partial charge is 0.258 e. The molecule has 0 unspecified atom stereocenters. The number of aryl methyl sites for hydroxylation is 1. The Bertz CT molecular complexity index is 927. The molecule has 0 saturated heterocycles. The lowest BCUT2D eigenvalue weighted by molar-refractivity contribution is 0.0716. The van der Waals surface area contributed by atoms with Gasteiger partial charge < -0.3 is 14.6 Å². The highest BCUT2D eigenvalue weighted by atomic mass is 16.3. The Morgan fingerprint density at radius 2 is 1.93 bits per heavy atom. The highest BCUT2D eigenvalue weighted by molar-refractivity contribution is 5.95. The summed E-state index contributed by atoms with van der Waals surface area (Å²) in [6.45, 7) is 2.60. The number of nitrogens with zero attached hydrogens (tertiary/aromatic N) is 3. The molecular formula is C20H22N4O3. The predicted octanol–water partition coefficient (Wildman–Crippen LogP) is 2.52. The Kier molecular flexibility index (Phi) is 5.40. The quantitative estimate of drug-likeness (QED) is 0.727. The molecule has 7 nitrogen and oxygen atoms in total. The van der Waals surface area contributed by atoms with Gasteiger partial charge in [-0.05, 0) is 36.8 Å². The minimum Gasteiger partial charge on any atom is -0.467 e. The molecule has 2 heterocycles. The Morgan fingerprint density at radius 1 is 1.19 bits per heavy atom. The Labute approximate surface area is 157 Å². The van der Waals surface area contributed by atoms with Gasteiger partial charge in [0.25, 0.3) is 11.8 Å². The zero-order valence-corrected chi connectivity index (χ0v) is 15.6. The summed E-state index contributed by atoms with van der Waals surface area (Å²) >= 11 is 0. The van der Waals surface area contributed by atoms with Crippen LogP contribution in [-0.4, -0.2) is 33.5 Å². The van der Waals surface area contributed by atoms with Gasteiger partial charge in [0.1, 0.15) is 5.76 Å². The lowest BCUT2D eigenvalue weighted by Crippen LogP contribution is -2.30. The van der Waals surface area contributed by atoms with E-state index >= 15 is 0 Å². The molecule has 140 valence electrons. The van der Waals surface area contributed by atoms with E-state index in [1.54, 1.807) is 54.3 Å². The van der Waals surface area contributed by atoms with Crippen molar-refractivity contribution in [2.24, 2.45) is 7.05 Å². The van der Waals surface area contributed by atoms with Crippen LogP contribution in [-0.2, 0) is 20.1 Å². The summed E-state index contributed by atoms with van der Waals surface area (Å²) < 4.78 is 7.10. The van der Waals surface area contributed by atoms with Gasteiger partial charge >= 0.3 is 0 Å². The molecule has 2 amide bonds. The lowest BCUT2D eigenvalue weighted by atomic mass is 10.1. The van der Waals surface area contributed by atoms with Crippen LogP contribution in [0.1, 0.15) is 37.7 Å². The van der Waals surface area contributed by atoms with Gasteiger partial charge in [-0.15, -0.1) is 0 Å². The standard InChI is InChI=1S/C20H22N4O3/c1-14-18(11-22-23(14)3)20(26)24(13-17-5-4-10-27-17)12-15-6-8-16(9-7-15)19(25)21-2/h4-11H,12-13H2,1-3H3,(H,21,25). The molecule has 0 aliphatic heterocycles. The van der Waals surface area contributed by atoms with Crippen molar-refractivity contribution in [3.8, 4) is 0 Å². The Balaban J connectivity index is 1.84. The summed E-state index contributed by atoms with van der Waals surface area (Å²) in [6, 6.07) is 10.8. The van der Waals surface area contributed by atoms with E-state index in [9.17, 15) is 9.59 Å². The zero-order chi connectivity index (χ0) is 19.4. The number of nitrogens with one attached hydrogen (secondary N) is 1. The Morgan fingerprint density at radius 3 is 2.48 bits per heavy atom. The second-order valence-corrected chi connectivity index (χ2v) is 6.28. The highest BCUT2D eigenvalue weighted by Crippen LogP contribution is 2.17. The molecule has 0 aliphatic carbocycles. The third-order valence-corrected chi connectivity index (χ3v) is 4.50. The molecule has 0 bridgehead atoms. The van der Waals surface area contributed by atoms with E-state index in [1.807, 2.05) is 25.1 Å². The van der Waals surface area contributed by atoms with Gasteiger partial charge in [0.15, 0.2) is 0 Å². The van der Waals surface area contributed by atoms with Crippen LogP contribution < -0.4 is 5.32 Å². The fraction of sp³-hybridized carbons (Fsp3) is 0.250. The number of hydrogen-bond acceptors (Lipinski definition) is 4. The van der Waals surface area contributed by atoms with Crippen molar-refractivity contribution in [3.63, 3.8) is 0 Å². The number of rotatable bonds is 6. The fourth-order valence-corrected chi connectivity index (χ4v) is 2.80. The lowest BCUT2D eigenvalue weighted by Gasteiger charge is -2.22. The van der Waals surface area contributed by atoms with E-state index in [1.165, 1.54) is 0 Å². The molecule has 2 aromatic heterocycles. The third kappa shape index (κ3) is 4.08. The molecule has 1 aromatic carbocycles. The third-order valence-electron chi connectivity index (χ3n) is 4.50. The summed E-state index contributed by atoms with van der Waals surface area (Å²) in [5.41, 5.74) is 2.86. The van der Waals surface area contributed by atoms with Crippen molar-refractivity contribution in [2.45, 2.75) is 20.0 Å². The molecule has 0 saturated carbocycles. The number of aromatic nitrogens is 2. The SMILES string of the molecule is CNC(=O)c1ccc(CN(Cc2ccco2)C(=O)c2cnn(C)c2C)cc1. The van der Waals surface area contributed by atoms with Crippen molar-refractivity contribution >= 4 is 11.8 Å². The van der Waals surface area contributed by atoms with Crippen LogP contribution in [0.25, 0.3) is 0 Å². The first-order valence-corrected chi connectivity index (χ1v) is 8.61. The maximum atomic E-state index is 13.1. The van der Waals surface area contributed by atoms with Crippen molar-refractivity contribution < 1.29 is 14.0 Å². The number of carbonyl (C=O) groups is 2. The first-order valence-electron chi connectivity index (χ1n) is 8.61. The normalized spacial score (nSPS) is 10.6. The van der Waals surface area contributed by atoms with E-state index in [2.05, 4.69) is 10.4 Å². The maximum absolute atomic E-state index is 13.1. The molecule has 0 atom stereocenters. The van der Waals surface area contributed by atoms with Crippen molar-refractivity contribution in [3.05, 3.63) is 77.0 Å². The molecule has 1 N–H and O–H groups in total. The first-order chi connectivity index (χ1) is 13.0. The summed E-state index contributed by atoms with van der Waals surface area (Å²) in [5.74, 6) is 0.440. The number of furan rings is 1. The number of amides is 2. The molecule has 3 aromatic rings. The first kappa shape index (κ1) is 18.4. The van der Waals surface area contributed by atoms with Crippen LogP contribution >= 0.6 is 0 Å². The highest BCUT2D eigenvalue weighted by Gasteiger charge is 2.21. The molecule has 0 aliphatic rings. The van der Waals surface area contributed by atoms with Crippen molar-refractivity contribution in [1.29, 1.82) is 0 Å². The average Bonchev–Trinajstić information content (AvgIpc) is 3.31. The van der Waals surface area contributed by atoms with Gasteiger partial charge in [0.2, 0.25) is 0 Å². The van der Waals surface area contributed by atoms with Gasteiger partial charge in [-0.3, -0.25) is 14.3 Å². The molecule has 3 rings (SSSR count). The van der Waals surface area contributed by atoms with E-state index in [0.29, 0.717) is 30.0 Å². The fourth-order valence-electron chi connectivity index (χ4n) is 2.80. The van der Waals surface area contributed by atoms with Crippen LogP contribution in [0.4, 0.5) is 0 Å². The summed E-state index contributed by atoms with van der Waals surface area (Å²) in [5, 5.41) is 6.76. The second kappa shape index (κ2) is 7.90. The number of carbonyl (C=O) groups excluding carboxylic acids is 2. The minimum absolute atomic E-state index is 0.118. The van der Waals surface area contributed by atoms with Crippen LogP contribution in [0, 0.1) is 6.92 Å². The molecule has 0 radical (unpaired) electrons. The molecule has 0 spiro atoms. The molecule has 0 fully saturated rings. The molecule has 27 heavy (non-hydrogen) atoms. The van der Waals surface area contributed by atoms with E-state index in [0.717, 1.165) is 11.3 Å². The molecular weight excluding hydrogens is 344 g/mol. The van der Waals surface area contributed by atoms with Crippen LogP contribution in [0.15, 0.2) is 53.3 Å². The Hall–Kier alpha value is -3.35. The van der Waals surface area contributed by atoms with E-state index < -0.39 is 0 Å². The predicted molar refractivity (Wildman–Crippen MR) is 100 cm³/mol. The van der Waals surface area contributed by atoms with Gasteiger partial charge in [-0.2, -0.15) is 5.10 Å².